The number of aromatic nitrogens is 1. The smallest absolute Gasteiger partial charge is 0.250 e. The molecule has 2 aliphatic rings. The fourth-order valence-electron chi connectivity index (χ4n) is 6.51. The molecule has 0 spiro atoms. The summed E-state index contributed by atoms with van der Waals surface area (Å²) in [6, 6.07) is 10.1. The summed E-state index contributed by atoms with van der Waals surface area (Å²) in [5, 5.41) is 23.8. The number of rotatable bonds is 9. The standard InChI is InChI=1S/C33H39N3O8/c1-5-18(2)30(33(42)35-15-20-12-22(17-35)24-7-6-8-29(40)36(24)16-20)34-28(39)14-23(21-9-10-25(37)27(13-21)43-4)32-31(41)26(38)11-19(3)44-32/h6-11,13,18,20,22-23,30,37,41H,5,12,14-17H2,1-4H3,(H,34,39)/t18?,20-,22+,23?,30+/m1/s1. The van der Waals surface area contributed by atoms with Crippen LogP contribution in [0, 0.1) is 18.8 Å². The molecule has 2 aliphatic heterocycles. The Balaban J connectivity index is 1.41. The Morgan fingerprint density at radius 2 is 1.89 bits per heavy atom. The molecule has 2 unspecified atom stereocenters. The molecule has 3 aromatic rings. The molecule has 0 saturated carbocycles. The van der Waals surface area contributed by atoms with E-state index >= 15 is 0 Å². The Hall–Kier alpha value is -4.54. The number of ether oxygens (including phenoxy) is 1. The zero-order valence-electron chi connectivity index (χ0n) is 25.4. The predicted molar refractivity (Wildman–Crippen MR) is 162 cm³/mol. The van der Waals surface area contributed by atoms with Crippen LogP contribution in [0.1, 0.15) is 67.7 Å². The largest absolute Gasteiger partial charge is 0.504 e. The van der Waals surface area contributed by atoms with Crippen LogP contribution in [0.3, 0.4) is 0 Å². The van der Waals surface area contributed by atoms with Crippen LogP contribution >= 0.6 is 0 Å². The average molecular weight is 606 g/mol. The summed E-state index contributed by atoms with van der Waals surface area (Å²) in [7, 11) is 1.39. The van der Waals surface area contributed by atoms with Gasteiger partial charge in [-0.05, 0) is 48.9 Å². The first-order valence-corrected chi connectivity index (χ1v) is 15.0. The van der Waals surface area contributed by atoms with Crippen molar-refractivity contribution in [1.82, 2.24) is 14.8 Å². The van der Waals surface area contributed by atoms with E-state index in [1.807, 2.05) is 29.4 Å². The summed E-state index contributed by atoms with van der Waals surface area (Å²) in [5.74, 6) is -2.00. The highest BCUT2D eigenvalue weighted by Gasteiger charge is 2.39. The highest BCUT2D eigenvalue weighted by Crippen LogP contribution is 2.38. The van der Waals surface area contributed by atoms with Crippen molar-refractivity contribution in [2.45, 2.75) is 64.5 Å². The van der Waals surface area contributed by atoms with Crippen LogP contribution in [-0.4, -0.2) is 57.7 Å². The van der Waals surface area contributed by atoms with E-state index in [9.17, 15) is 29.4 Å². The van der Waals surface area contributed by atoms with E-state index in [-0.39, 0.29) is 58.7 Å². The van der Waals surface area contributed by atoms with Crippen molar-refractivity contribution in [1.29, 1.82) is 0 Å². The molecular weight excluding hydrogens is 566 g/mol. The lowest BCUT2D eigenvalue weighted by atomic mass is 9.82. The number of piperidine rings is 1. The molecule has 1 fully saturated rings. The Labute approximate surface area is 255 Å². The molecule has 1 saturated heterocycles. The van der Waals surface area contributed by atoms with Gasteiger partial charge in [-0.15, -0.1) is 0 Å². The molecule has 5 atom stereocenters. The minimum Gasteiger partial charge on any atom is -0.504 e. The van der Waals surface area contributed by atoms with Crippen molar-refractivity contribution in [2.24, 2.45) is 11.8 Å². The number of phenols is 1. The van der Waals surface area contributed by atoms with E-state index in [1.54, 1.807) is 25.1 Å². The molecular formula is C33H39N3O8. The topological polar surface area (TPSA) is 151 Å². The van der Waals surface area contributed by atoms with Crippen molar-refractivity contribution in [3.05, 3.63) is 85.8 Å². The molecule has 11 nitrogen and oxygen atoms in total. The summed E-state index contributed by atoms with van der Waals surface area (Å²) in [5.41, 5.74) is 0.718. The van der Waals surface area contributed by atoms with Crippen LogP contribution in [0.15, 0.2) is 56.5 Å². The van der Waals surface area contributed by atoms with Crippen molar-refractivity contribution >= 4 is 11.8 Å². The van der Waals surface area contributed by atoms with Crippen LogP contribution in [0.5, 0.6) is 17.2 Å². The van der Waals surface area contributed by atoms with Gasteiger partial charge < -0.3 is 34.2 Å². The zero-order chi connectivity index (χ0) is 31.7. The number of pyridine rings is 1. The monoisotopic (exact) mass is 605 g/mol. The summed E-state index contributed by atoms with van der Waals surface area (Å²) in [4.78, 5) is 54.5. The van der Waals surface area contributed by atoms with E-state index in [4.69, 9.17) is 9.15 Å². The lowest BCUT2D eigenvalue weighted by molar-refractivity contribution is -0.140. The number of methoxy groups -OCH3 is 1. The second kappa shape index (κ2) is 12.6. The van der Waals surface area contributed by atoms with Gasteiger partial charge in [0.1, 0.15) is 11.8 Å². The molecule has 5 rings (SSSR count). The third-order valence-corrected chi connectivity index (χ3v) is 8.97. The van der Waals surface area contributed by atoms with Gasteiger partial charge in [-0.3, -0.25) is 19.2 Å². The molecule has 2 amide bonds. The van der Waals surface area contributed by atoms with Crippen molar-refractivity contribution < 1.29 is 29.0 Å². The van der Waals surface area contributed by atoms with Gasteiger partial charge >= 0.3 is 0 Å². The minimum atomic E-state index is -0.922. The van der Waals surface area contributed by atoms with Crippen molar-refractivity contribution in [3.63, 3.8) is 0 Å². The third kappa shape index (κ3) is 6.09. The number of hydrogen-bond acceptors (Lipinski definition) is 8. The van der Waals surface area contributed by atoms with Gasteiger partial charge in [0.05, 0.1) is 13.0 Å². The van der Waals surface area contributed by atoms with E-state index in [0.29, 0.717) is 31.6 Å². The van der Waals surface area contributed by atoms with Gasteiger partial charge in [0, 0.05) is 49.8 Å². The molecule has 11 heteroatoms. The number of phenolic OH excluding ortho intramolecular Hbond substituents is 1. The van der Waals surface area contributed by atoms with Crippen LogP contribution in [-0.2, 0) is 16.1 Å². The summed E-state index contributed by atoms with van der Waals surface area (Å²) < 4.78 is 12.8. The molecule has 2 bridgehead atoms. The summed E-state index contributed by atoms with van der Waals surface area (Å²) in [6.45, 7) is 6.95. The van der Waals surface area contributed by atoms with E-state index in [1.165, 1.54) is 19.2 Å². The zero-order valence-corrected chi connectivity index (χ0v) is 25.4. The van der Waals surface area contributed by atoms with Crippen LogP contribution in [0.2, 0.25) is 0 Å². The van der Waals surface area contributed by atoms with Crippen molar-refractivity contribution in [2.75, 3.05) is 20.2 Å². The third-order valence-electron chi connectivity index (χ3n) is 8.97. The van der Waals surface area contributed by atoms with Crippen LogP contribution in [0.4, 0.5) is 0 Å². The fourth-order valence-corrected chi connectivity index (χ4v) is 6.51. The van der Waals surface area contributed by atoms with Crippen molar-refractivity contribution in [3.8, 4) is 17.2 Å². The SMILES string of the molecule is CCC(C)[C@H](NC(=O)CC(c1ccc(O)c(OC)c1)c1oc(C)cc(=O)c1O)C(=O)N1C[C@H]2C[C@@H](C1)c1cccc(=O)n1C2. The second-order valence-corrected chi connectivity index (χ2v) is 12.0. The Morgan fingerprint density at radius 3 is 2.61 bits per heavy atom. The van der Waals surface area contributed by atoms with Crippen LogP contribution < -0.4 is 21.0 Å². The molecule has 0 aliphatic carbocycles. The van der Waals surface area contributed by atoms with E-state index in [2.05, 4.69) is 5.32 Å². The van der Waals surface area contributed by atoms with Gasteiger partial charge in [0.25, 0.3) is 5.56 Å². The molecule has 1 aromatic carbocycles. The van der Waals surface area contributed by atoms with Gasteiger partial charge in [0.2, 0.25) is 23.0 Å². The Bertz CT molecular complexity index is 1680. The molecule has 2 aromatic heterocycles. The van der Waals surface area contributed by atoms with E-state index < -0.39 is 29.0 Å². The summed E-state index contributed by atoms with van der Waals surface area (Å²) in [6.07, 6.45) is 1.29. The number of nitrogens with zero attached hydrogens (tertiary/aromatic N) is 2. The molecule has 0 radical (unpaired) electrons. The maximum absolute atomic E-state index is 14.0. The van der Waals surface area contributed by atoms with E-state index in [0.717, 1.165) is 18.2 Å². The normalized spacial score (nSPS) is 19.4. The number of aromatic hydroxyl groups is 2. The first-order chi connectivity index (χ1) is 21.0. The number of hydrogen-bond donors (Lipinski definition) is 3. The first kappa shape index (κ1) is 30.9. The number of amides is 2. The number of carbonyl (C=O) groups is 2. The molecule has 4 heterocycles. The Morgan fingerprint density at radius 1 is 1.11 bits per heavy atom. The number of aryl methyl sites for hydroxylation is 1. The van der Waals surface area contributed by atoms with Gasteiger partial charge in [-0.25, -0.2) is 0 Å². The second-order valence-electron chi connectivity index (χ2n) is 12.0. The lowest BCUT2D eigenvalue weighted by Gasteiger charge is -2.44. The average Bonchev–Trinajstić information content (AvgIpc) is 3.00. The Kier molecular flexibility index (Phi) is 8.85. The highest BCUT2D eigenvalue weighted by molar-refractivity contribution is 5.88. The molecule has 234 valence electrons. The molecule has 44 heavy (non-hydrogen) atoms. The maximum Gasteiger partial charge on any atom is 0.250 e. The fraction of sp³-hybridized carbons (Fsp3) is 0.455. The molecule has 3 N–H and O–H groups in total. The maximum atomic E-state index is 14.0. The number of benzene rings is 1. The highest BCUT2D eigenvalue weighted by atomic mass is 16.5. The quantitative estimate of drug-likeness (QED) is 0.336. The number of nitrogens with one attached hydrogen (secondary N) is 1. The van der Waals surface area contributed by atoms with Gasteiger partial charge in [-0.1, -0.05) is 32.4 Å². The van der Waals surface area contributed by atoms with Crippen LogP contribution in [0.25, 0.3) is 0 Å². The lowest BCUT2D eigenvalue weighted by Crippen LogP contribution is -2.56. The number of fused-ring (bicyclic) bond motifs is 4. The number of likely N-dealkylation sites (tertiary alicyclic amines) is 1. The van der Waals surface area contributed by atoms with Gasteiger partial charge in [0.15, 0.2) is 17.3 Å². The number of carbonyl (C=O) groups excluding carboxylic acids is 2. The van der Waals surface area contributed by atoms with Gasteiger partial charge in [-0.2, -0.15) is 0 Å². The predicted octanol–water partition coefficient (Wildman–Crippen LogP) is 3.23. The first-order valence-electron chi connectivity index (χ1n) is 15.0. The minimum absolute atomic E-state index is 0.0296. The summed E-state index contributed by atoms with van der Waals surface area (Å²) >= 11 is 0.